The number of urea groups is 1. The third-order valence-corrected chi connectivity index (χ3v) is 4.38. The fraction of sp³-hybridized carbons (Fsp3) is 0.222. The van der Waals surface area contributed by atoms with Crippen LogP contribution in [0.1, 0.15) is 23.6 Å². The number of carbonyl (C=O) groups is 1. The number of aromatic nitrogens is 4. The molecule has 2 amide bonds. The van der Waals surface area contributed by atoms with Crippen LogP contribution in [-0.4, -0.2) is 37.2 Å². The fourth-order valence-corrected chi connectivity index (χ4v) is 3.05. The number of hydrogen-bond acceptors (Lipinski definition) is 4. The van der Waals surface area contributed by atoms with E-state index in [2.05, 4.69) is 32.5 Å². The molecule has 0 saturated heterocycles. The van der Waals surface area contributed by atoms with E-state index >= 15 is 0 Å². The Morgan fingerprint density at radius 2 is 2.20 bits per heavy atom. The van der Waals surface area contributed by atoms with Crippen molar-refractivity contribution in [2.24, 2.45) is 0 Å². The quantitative estimate of drug-likeness (QED) is 0.796. The number of nitrogens with one attached hydrogen (secondary N) is 1. The standard InChI is InChI=1S/C18H18N6O/c1-2-23-10-16-14(6-7-20-17(16)22-18(23)25)8-13-4-3-5-15(9-13)24-12-19-11-21-24/h3-7,9,11-12H,2,8,10H2,1H3,(H,20,22,25). The van der Waals surface area contributed by atoms with E-state index in [1.54, 1.807) is 22.1 Å². The summed E-state index contributed by atoms with van der Waals surface area (Å²) in [6, 6.07) is 10.1. The van der Waals surface area contributed by atoms with Gasteiger partial charge >= 0.3 is 6.03 Å². The van der Waals surface area contributed by atoms with Crippen LogP contribution in [0, 0.1) is 0 Å². The Kier molecular flexibility index (Phi) is 3.89. The molecular weight excluding hydrogens is 316 g/mol. The van der Waals surface area contributed by atoms with E-state index < -0.39 is 0 Å². The lowest BCUT2D eigenvalue weighted by atomic mass is 9.99. The van der Waals surface area contributed by atoms with Crippen LogP contribution in [0.15, 0.2) is 49.2 Å². The molecule has 0 unspecified atom stereocenters. The first-order chi connectivity index (χ1) is 12.2. The number of nitrogens with zero attached hydrogens (tertiary/aromatic N) is 5. The van der Waals surface area contributed by atoms with Crippen LogP contribution < -0.4 is 5.32 Å². The molecule has 1 aliphatic rings. The van der Waals surface area contributed by atoms with E-state index in [0.717, 1.165) is 17.7 Å². The van der Waals surface area contributed by atoms with Crippen LogP contribution in [-0.2, 0) is 13.0 Å². The zero-order chi connectivity index (χ0) is 17.2. The van der Waals surface area contributed by atoms with Crippen molar-refractivity contribution in [1.29, 1.82) is 0 Å². The zero-order valence-corrected chi connectivity index (χ0v) is 13.9. The lowest BCUT2D eigenvalue weighted by Gasteiger charge is -2.29. The predicted octanol–water partition coefficient (Wildman–Crippen LogP) is 2.62. The van der Waals surface area contributed by atoms with Gasteiger partial charge < -0.3 is 4.90 Å². The summed E-state index contributed by atoms with van der Waals surface area (Å²) in [5, 5.41) is 7.05. The summed E-state index contributed by atoms with van der Waals surface area (Å²) in [6.07, 6.45) is 5.72. The lowest BCUT2D eigenvalue weighted by Crippen LogP contribution is -2.39. The van der Waals surface area contributed by atoms with Crippen molar-refractivity contribution in [1.82, 2.24) is 24.6 Å². The van der Waals surface area contributed by atoms with Gasteiger partial charge in [-0.3, -0.25) is 5.32 Å². The van der Waals surface area contributed by atoms with E-state index in [4.69, 9.17) is 0 Å². The van der Waals surface area contributed by atoms with Gasteiger partial charge in [-0.2, -0.15) is 5.10 Å². The van der Waals surface area contributed by atoms with Gasteiger partial charge in [-0.1, -0.05) is 12.1 Å². The van der Waals surface area contributed by atoms with Gasteiger partial charge in [0, 0.05) is 18.3 Å². The molecule has 2 aromatic heterocycles. The minimum atomic E-state index is -0.0900. The van der Waals surface area contributed by atoms with Gasteiger partial charge in [0.1, 0.15) is 18.5 Å². The van der Waals surface area contributed by atoms with E-state index in [9.17, 15) is 4.79 Å². The number of fused-ring (bicyclic) bond motifs is 1. The fourth-order valence-electron chi connectivity index (χ4n) is 3.05. The molecule has 4 rings (SSSR count). The molecule has 3 heterocycles. The number of rotatable bonds is 4. The summed E-state index contributed by atoms with van der Waals surface area (Å²) >= 11 is 0. The predicted molar refractivity (Wildman–Crippen MR) is 93.5 cm³/mol. The molecule has 0 bridgehead atoms. The van der Waals surface area contributed by atoms with Crippen LogP contribution in [0.3, 0.4) is 0 Å². The minimum absolute atomic E-state index is 0.0900. The molecule has 0 aliphatic carbocycles. The molecule has 0 atom stereocenters. The molecule has 126 valence electrons. The summed E-state index contributed by atoms with van der Waals surface area (Å²) in [4.78, 5) is 22.1. The molecule has 1 aliphatic heterocycles. The summed E-state index contributed by atoms with van der Waals surface area (Å²) in [5.74, 6) is 0.666. The Labute approximate surface area is 145 Å². The van der Waals surface area contributed by atoms with E-state index in [1.165, 1.54) is 17.5 Å². The Morgan fingerprint density at radius 1 is 1.28 bits per heavy atom. The van der Waals surface area contributed by atoms with Crippen molar-refractivity contribution in [3.05, 3.63) is 65.9 Å². The first-order valence-electron chi connectivity index (χ1n) is 8.21. The maximum Gasteiger partial charge on any atom is 0.323 e. The summed E-state index contributed by atoms with van der Waals surface area (Å²) in [5.41, 5.74) is 4.39. The largest absolute Gasteiger partial charge is 0.323 e. The Hall–Kier alpha value is -3.22. The van der Waals surface area contributed by atoms with Gasteiger partial charge in [0.2, 0.25) is 0 Å². The van der Waals surface area contributed by atoms with Crippen LogP contribution in [0.5, 0.6) is 0 Å². The molecule has 3 aromatic rings. The Morgan fingerprint density at radius 3 is 3.00 bits per heavy atom. The third-order valence-electron chi connectivity index (χ3n) is 4.38. The molecule has 7 nitrogen and oxygen atoms in total. The average molecular weight is 334 g/mol. The van der Waals surface area contributed by atoms with Crippen LogP contribution in [0.2, 0.25) is 0 Å². The highest BCUT2D eigenvalue weighted by atomic mass is 16.2. The van der Waals surface area contributed by atoms with E-state index in [-0.39, 0.29) is 6.03 Å². The van der Waals surface area contributed by atoms with Gasteiger partial charge in [0.25, 0.3) is 0 Å². The van der Waals surface area contributed by atoms with Crippen molar-refractivity contribution in [2.75, 3.05) is 11.9 Å². The summed E-state index contributed by atoms with van der Waals surface area (Å²) < 4.78 is 1.74. The molecule has 1 aromatic carbocycles. The molecule has 0 fully saturated rings. The second kappa shape index (κ2) is 6.35. The van der Waals surface area contributed by atoms with Crippen LogP contribution >= 0.6 is 0 Å². The van der Waals surface area contributed by atoms with Crippen molar-refractivity contribution in [3.8, 4) is 5.69 Å². The minimum Gasteiger partial charge on any atom is -0.320 e. The van der Waals surface area contributed by atoms with E-state index in [1.807, 2.05) is 25.1 Å². The molecule has 0 spiro atoms. The number of benzene rings is 1. The van der Waals surface area contributed by atoms with E-state index in [0.29, 0.717) is 18.9 Å². The average Bonchev–Trinajstić information content (AvgIpc) is 3.16. The molecule has 0 radical (unpaired) electrons. The van der Waals surface area contributed by atoms with Gasteiger partial charge in [-0.05, 0) is 42.7 Å². The number of anilines is 1. The first-order valence-corrected chi connectivity index (χ1v) is 8.21. The number of amides is 2. The number of hydrogen-bond donors (Lipinski definition) is 1. The van der Waals surface area contributed by atoms with Gasteiger partial charge in [0.15, 0.2) is 0 Å². The van der Waals surface area contributed by atoms with Crippen LogP contribution in [0.25, 0.3) is 5.69 Å². The molecule has 0 saturated carbocycles. The van der Waals surface area contributed by atoms with Gasteiger partial charge in [-0.25, -0.2) is 19.4 Å². The zero-order valence-electron chi connectivity index (χ0n) is 13.9. The van der Waals surface area contributed by atoms with Crippen molar-refractivity contribution in [2.45, 2.75) is 19.9 Å². The first kappa shape index (κ1) is 15.3. The van der Waals surface area contributed by atoms with Crippen LogP contribution in [0.4, 0.5) is 10.6 Å². The smallest absolute Gasteiger partial charge is 0.320 e. The second-order valence-electron chi connectivity index (χ2n) is 5.93. The number of pyridine rings is 1. The van der Waals surface area contributed by atoms with Crippen molar-refractivity contribution >= 4 is 11.8 Å². The highest BCUT2D eigenvalue weighted by molar-refractivity contribution is 5.91. The lowest BCUT2D eigenvalue weighted by molar-refractivity contribution is 0.209. The summed E-state index contributed by atoms with van der Waals surface area (Å²) in [7, 11) is 0. The number of carbonyl (C=O) groups excluding carboxylic acids is 1. The SMILES string of the molecule is CCN1Cc2c(Cc3cccc(-n4cncn4)c3)ccnc2NC1=O. The Balaban J connectivity index is 1.65. The molecule has 1 N–H and O–H groups in total. The Bertz CT molecular complexity index is 906. The molecular formula is C18H18N6O. The van der Waals surface area contributed by atoms with Gasteiger partial charge in [0.05, 0.1) is 12.2 Å². The highest BCUT2D eigenvalue weighted by Crippen LogP contribution is 2.26. The van der Waals surface area contributed by atoms with Crippen molar-refractivity contribution in [3.63, 3.8) is 0 Å². The normalized spacial score (nSPS) is 13.5. The second-order valence-corrected chi connectivity index (χ2v) is 5.93. The maximum absolute atomic E-state index is 12.0. The maximum atomic E-state index is 12.0. The van der Waals surface area contributed by atoms with Gasteiger partial charge in [-0.15, -0.1) is 0 Å². The third kappa shape index (κ3) is 2.96. The molecule has 7 heteroatoms. The van der Waals surface area contributed by atoms with Crippen molar-refractivity contribution < 1.29 is 4.79 Å². The topological polar surface area (TPSA) is 75.9 Å². The monoisotopic (exact) mass is 334 g/mol. The summed E-state index contributed by atoms with van der Waals surface area (Å²) in [6.45, 7) is 3.23. The molecule has 25 heavy (non-hydrogen) atoms. The highest BCUT2D eigenvalue weighted by Gasteiger charge is 2.24.